The fourth-order valence-electron chi connectivity index (χ4n) is 1.93. The van der Waals surface area contributed by atoms with Gasteiger partial charge in [-0.25, -0.2) is 9.97 Å². The molecule has 0 atom stereocenters. The highest BCUT2D eigenvalue weighted by Crippen LogP contribution is 2.21. The number of rotatable bonds is 3. The fraction of sp³-hybridized carbons (Fsp3) is 0.636. The van der Waals surface area contributed by atoms with Crippen LogP contribution in [0.5, 0.6) is 0 Å². The lowest BCUT2D eigenvalue weighted by Crippen LogP contribution is -2.50. The minimum atomic E-state index is 0.693. The van der Waals surface area contributed by atoms with Crippen LogP contribution in [0.25, 0.3) is 0 Å². The molecule has 2 heterocycles. The summed E-state index contributed by atoms with van der Waals surface area (Å²) in [5, 5.41) is 0. The van der Waals surface area contributed by atoms with E-state index in [1.165, 1.54) is 18.7 Å². The zero-order valence-electron chi connectivity index (χ0n) is 8.85. The Hall–Kier alpha value is -0.960. The van der Waals surface area contributed by atoms with E-state index >= 15 is 0 Å². The molecule has 0 aromatic carbocycles. The fourth-order valence-corrected chi connectivity index (χ4v) is 1.93. The van der Waals surface area contributed by atoms with Crippen LogP contribution >= 0.6 is 0 Å². The highest BCUT2D eigenvalue weighted by molar-refractivity contribution is 5.05. The standard InChI is InChI=1S/C11H17N3/c1-9(2)14-6-11(7-14)3-10-4-12-8-13-5-10/h4-5,8-9,11H,3,6-7H2,1-2H3. The monoisotopic (exact) mass is 191 g/mol. The van der Waals surface area contributed by atoms with E-state index in [0.717, 1.165) is 12.3 Å². The molecule has 0 bridgehead atoms. The van der Waals surface area contributed by atoms with Gasteiger partial charge in [0, 0.05) is 31.5 Å². The van der Waals surface area contributed by atoms with Crippen molar-refractivity contribution < 1.29 is 0 Å². The van der Waals surface area contributed by atoms with Crippen molar-refractivity contribution in [1.82, 2.24) is 14.9 Å². The lowest BCUT2D eigenvalue weighted by atomic mass is 9.92. The van der Waals surface area contributed by atoms with Crippen LogP contribution in [0.4, 0.5) is 0 Å². The van der Waals surface area contributed by atoms with Gasteiger partial charge in [-0.2, -0.15) is 0 Å². The van der Waals surface area contributed by atoms with Crippen LogP contribution in [0.1, 0.15) is 19.4 Å². The third kappa shape index (κ3) is 2.10. The van der Waals surface area contributed by atoms with Crippen molar-refractivity contribution in [3.63, 3.8) is 0 Å². The predicted molar refractivity (Wildman–Crippen MR) is 55.9 cm³/mol. The third-order valence-corrected chi connectivity index (χ3v) is 2.85. The van der Waals surface area contributed by atoms with Gasteiger partial charge in [0.05, 0.1) is 0 Å². The van der Waals surface area contributed by atoms with E-state index in [2.05, 4.69) is 28.7 Å². The summed E-state index contributed by atoms with van der Waals surface area (Å²) in [6.07, 6.45) is 6.56. The molecule has 14 heavy (non-hydrogen) atoms. The first-order chi connectivity index (χ1) is 6.75. The molecule has 0 saturated carbocycles. The van der Waals surface area contributed by atoms with Gasteiger partial charge in [-0.05, 0) is 31.7 Å². The Labute approximate surface area is 85.2 Å². The summed E-state index contributed by atoms with van der Waals surface area (Å²) in [6.45, 7) is 6.96. The molecule has 1 aliphatic heterocycles. The first-order valence-electron chi connectivity index (χ1n) is 5.23. The van der Waals surface area contributed by atoms with Crippen LogP contribution < -0.4 is 0 Å². The van der Waals surface area contributed by atoms with Gasteiger partial charge in [-0.15, -0.1) is 0 Å². The summed E-state index contributed by atoms with van der Waals surface area (Å²) in [7, 11) is 0. The molecule has 0 spiro atoms. The van der Waals surface area contributed by atoms with E-state index in [0.29, 0.717) is 6.04 Å². The lowest BCUT2D eigenvalue weighted by molar-refractivity contribution is 0.0680. The Morgan fingerprint density at radius 3 is 2.57 bits per heavy atom. The second-order valence-corrected chi connectivity index (χ2v) is 4.36. The van der Waals surface area contributed by atoms with Crippen molar-refractivity contribution in [1.29, 1.82) is 0 Å². The van der Waals surface area contributed by atoms with Crippen molar-refractivity contribution in [2.24, 2.45) is 5.92 Å². The van der Waals surface area contributed by atoms with Crippen LogP contribution in [0, 0.1) is 5.92 Å². The first kappa shape index (κ1) is 9.59. The molecule has 3 nitrogen and oxygen atoms in total. The lowest BCUT2D eigenvalue weighted by Gasteiger charge is -2.42. The molecule has 0 unspecified atom stereocenters. The number of aromatic nitrogens is 2. The Morgan fingerprint density at radius 2 is 2.00 bits per heavy atom. The van der Waals surface area contributed by atoms with E-state index in [1.54, 1.807) is 6.33 Å². The molecule has 1 aromatic heterocycles. The maximum Gasteiger partial charge on any atom is 0.115 e. The summed E-state index contributed by atoms with van der Waals surface area (Å²) < 4.78 is 0. The number of hydrogen-bond donors (Lipinski definition) is 0. The summed E-state index contributed by atoms with van der Waals surface area (Å²) in [6, 6.07) is 0.693. The van der Waals surface area contributed by atoms with Crippen LogP contribution in [-0.4, -0.2) is 34.0 Å². The van der Waals surface area contributed by atoms with E-state index in [9.17, 15) is 0 Å². The second kappa shape index (κ2) is 4.05. The molecular formula is C11H17N3. The zero-order chi connectivity index (χ0) is 9.97. The molecule has 1 fully saturated rings. The Kier molecular flexibility index (Phi) is 2.77. The quantitative estimate of drug-likeness (QED) is 0.722. The third-order valence-electron chi connectivity index (χ3n) is 2.85. The minimum absolute atomic E-state index is 0.693. The molecule has 2 rings (SSSR count). The molecule has 1 saturated heterocycles. The number of nitrogens with zero attached hydrogens (tertiary/aromatic N) is 3. The molecule has 0 radical (unpaired) electrons. The molecule has 0 aliphatic carbocycles. The van der Waals surface area contributed by atoms with Gasteiger partial charge in [0.15, 0.2) is 0 Å². The van der Waals surface area contributed by atoms with Crippen molar-refractivity contribution in [3.05, 3.63) is 24.3 Å². The highest BCUT2D eigenvalue weighted by atomic mass is 15.2. The molecule has 1 aliphatic rings. The average Bonchev–Trinajstić information content (AvgIpc) is 2.12. The zero-order valence-corrected chi connectivity index (χ0v) is 8.85. The maximum absolute atomic E-state index is 4.03. The van der Waals surface area contributed by atoms with Gasteiger partial charge in [-0.1, -0.05) is 0 Å². The van der Waals surface area contributed by atoms with Crippen molar-refractivity contribution in [2.45, 2.75) is 26.3 Å². The molecule has 0 N–H and O–H groups in total. The van der Waals surface area contributed by atoms with E-state index in [1.807, 2.05) is 12.4 Å². The second-order valence-electron chi connectivity index (χ2n) is 4.36. The number of likely N-dealkylation sites (tertiary alicyclic amines) is 1. The van der Waals surface area contributed by atoms with Gasteiger partial charge in [0.2, 0.25) is 0 Å². The SMILES string of the molecule is CC(C)N1CC(Cc2cncnc2)C1. The Morgan fingerprint density at radius 1 is 1.36 bits per heavy atom. The summed E-state index contributed by atoms with van der Waals surface area (Å²) in [4.78, 5) is 10.5. The van der Waals surface area contributed by atoms with Gasteiger partial charge >= 0.3 is 0 Å². The molecule has 1 aromatic rings. The summed E-state index contributed by atoms with van der Waals surface area (Å²) >= 11 is 0. The molecule has 76 valence electrons. The predicted octanol–water partition coefficient (Wildman–Crippen LogP) is 1.36. The molecular weight excluding hydrogens is 174 g/mol. The van der Waals surface area contributed by atoms with Crippen LogP contribution in [-0.2, 0) is 6.42 Å². The normalized spacial score (nSPS) is 18.5. The average molecular weight is 191 g/mol. The van der Waals surface area contributed by atoms with Crippen LogP contribution in [0.3, 0.4) is 0 Å². The topological polar surface area (TPSA) is 29.0 Å². The van der Waals surface area contributed by atoms with E-state index in [-0.39, 0.29) is 0 Å². The minimum Gasteiger partial charge on any atom is -0.300 e. The first-order valence-corrected chi connectivity index (χ1v) is 5.23. The van der Waals surface area contributed by atoms with Crippen molar-refractivity contribution in [3.8, 4) is 0 Å². The van der Waals surface area contributed by atoms with Gasteiger partial charge < -0.3 is 4.90 Å². The van der Waals surface area contributed by atoms with Crippen molar-refractivity contribution in [2.75, 3.05) is 13.1 Å². The highest BCUT2D eigenvalue weighted by Gasteiger charge is 2.28. The summed E-state index contributed by atoms with van der Waals surface area (Å²) in [5.41, 5.74) is 1.26. The van der Waals surface area contributed by atoms with Gasteiger partial charge in [-0.3, -0.25) is 0 Å². The van der Waals surface area contributed by atoms with Crippen molar-refractivity contribution >= 4 is 0 Å². The van der Waals surface area contributed by atoms with Crippen LogP contribution in [0.2, 0.25) is 0 Å². The number of hydrogen-bond acceptors (Lipinski definition) is 3. The Balaban J connectivity index is 1.80. The largest absolute Gasteiger partial charge is 0.300 e. The van der Waals surface area contributed by atoms with E-state index < -0.39 is 0 Å². The molecule has 0 amide bonds. The molecule has 3 heteroatoms. The van der Waals surface area contributed by atoms with E-state index in [4.69, 9.17) is 0 Å². The smallest absolute Gasteiger partial charge is 0.115 e. The van der Waals surface area contributed by atoms with Crippen LogP contribution in [0.15, 0.2) is 18.7 Å². The van der Waals surface area contributed by atoms with Gasteiger partial charge in [0.1, 0.15) is 6.33 Å². The Bertz CT molecular complexity index is 278. The maximum atomic E-state index is 4.03. The summed E-state index contributed by atoms with van der Waals surface area (Å²) in [5.74, 6) is 0.809. The van der Waals surface area contributed by atoms with Gasteiger partial charge in [0.25, 0.3) is 0 Å².